The van der Waals surface area contributed by atoms with Crippen LogP contribution >= 0.6 is 0 Å². The zero-order chi connectivity index (χ0) is 30.6. The highest BCUT2D eigenvalue weighted by Gasteiger charge is 2.70. The van der Waals surface area contributed by atoms with Crippen LogP contribution in [0.15, 0.2) is 0 Å². The van der Waals surface area contributed by atoms with Crippen LogP contribution in [-0.2, 0) is 19.2 Å². The Balaban J connectivity index is 1.83. The molecule has 0 bridgehead atoms. The van der Waals surface area contributed by atoms with Crippen molar-refractivity contribution in [3.63, 3.8) is 0 Å². The van der Waals surface area contributed by atoms with E-state index >= 15 is 0 Å². The van der Waals surface area contributed by atoms with Gasteiger partial charge >= 0.3 is 12.2 Å². The Morgan fingerprint density at radius 3 is 2.02 bits per heavy atom. The molecule has 1 heterocycles. The zero-order valence-corrected chi connectivity index (χ0v) is 24.2. The Labute approximate surface area is 232 Å². The fraction of sp³-hybridized carbons (Fsp3) is 0.815. The molecule has 1 aliphatic heterocycles. The number of fused-ring (bicyclic) bond motifs is 1. The van der Waals surface area contributed by atoms with E-state index in [1.54, 1.807) is 20.8 Å². The molecule has 0 aromatic heterocycles. The molecule has 2 aliphatic carbocycles. The van der Waals surface area contributed by atoms with Gasteiger partial charge in [-0.1, -0.05) is 53.9 Å². The number of nitrogens with two attached hydrogens (primary N) is 1. The fourth-order valence-corrected chi connectivity index (χ4v) is 5.87. The van der Waals surface area contributed by atoms with Crippen LogP contribution in [0.25, 0.3) is 0 Å². The smallest absolute Gasteiger partial charge is 0.363 e. The molecule has 0 aromatic carbocycles. The van der Waals surface area contributed by atoms with E-state index < -0.39 is 64.8 Å². The van der Waals surface area contributed by atoms with Crippen molar-refractivity contribution < 1.29 is 37.1 Å². The number of carbonyl (C=O) groups is 5. The van der Waals surface area contributed by atoms with Crippen LogP contribution in [0.5, 0.6) is 0 Å². The van der Waals surface area contributed by atoms with Crippen molar-refractivity contribution in [1.82, 2.24) is 20.9 Å². The number of urea groups is 1. The van der Waals surface area contributed by atoms with Crippen molar-refractivity contribution in [1.29, 1.82) is 0 Å². The van der Waals surface area contributed by atoms with Crippen LogP contribution in [-0.4, -0.2) is 70.8 Å². The predicted molar refractivity (Wildman–Crippen MR) is 139 cm³/mol. The first-order valence-electron chi connectivity index (χ1n) is 13.7. The minimum Gasteiger partial charge on any atom is -0.363 e. The van der Waals surface area contributed by atoms with E-state index in [4.69, 9.17) is 5.73 Å². The summed E-state index contributed by atoms with van der Waals surface area (Å²) >= 11 is 0. The summed E-state index contributed by atoms with van der Waals surface area (Å²) < 4.78 is 40.0. The van der Waals surface area contributed by atoms with Gasteiger partial charge in [0, 0.05) is 6.54 Å². The average Bonchev–Trinajstić information content (AvgIpc) is 3.10. The highest BCUT2D eigenvalue weighted by atomic mass is 19.4. The molecule has 3 aliphatic rings. The second kappa shape index (κ2) is 10.5. The molecule has 0 spiro atoms. The number of rotatable bonds is 9. The van der Waals surface area contributed by atoms with Crippen molar-refractivity contribution >= 4 is 29.5 Å². The first kappa shape index (κ1) is 31.7. The number of likely N-dealkylation sites (tertiary alicyclic amines) is 1. The lowest BCUT2D eigenvalue weighted by Gasteiger charge is -2.38. The molecule has 226 valence electrons. The molecule has 0 radical (unpaired) electrons. The lowest BCUT2D eigenvalue weighted by Crippen LogP contribution is -2.64. The Hall–Kier alpha value is -2.86. The number of piperidine rings is 1. The van der Waals surface area contributed by atoms with E-state index in [0.717, 1.165) is 33.1 Å². The highest BCUT2D eigenvalue weighted by molar-refractivity contribution is 6.37. The van der Waals surface area contributed by atoms with Crippen molar-refractivity contribution in [2.45, 2.75) is 104 Å². The van der Waals surface area contributed by atoms with Gasteiger partial charge in [-0.25, -0.2) is 4.79 Å². The van der Waals surface area contributed by atoms with Gasteiger partial charge in [0.15, 0.2) is 0 Å². The second-order valence-corrected chi connectivity index (χ2v) is 13.7. The van der Waals surface area contributed by atoms with Crippen LogP contribution in [0, 0.1) is 28.6 Å². The number of alkyl halides is 3. The van der Waals surface area contributed by atoms with Crippen molar-refractivity contribution in [2.24, 2.45) is 34.3 Å². The molecule has 13 heteroatoms. The molecule has 5 atom stereocenters. The van der Waals surface area contributed by atoms with E-state index in [1.807, 2.05) is 19.2 Å². The molecule has 1 saturated heterocycles. The standard InChI is InChI=1S/C27H42F3N5O5/c1-24(2,3)19(33-23(40)34-26(6,7)27(28,29)30)22(39)35-12-14-16(25(14,4)5)17(35)21(38)32-15(18(36)20(31)37)11-13-9-8-10-13/h13-17,19H,8-12H2,1-7H3,(H2,31,37)(H,32,38)(H2,33,34,40)/t14?,15?,16-,17-,19?/m0/s1. The number of ketones is 1. The van der Waals surface area contributed by atoms with Gasteiger partial charge in [0.2, 0.25) is 17.6 Å². The summed E-state index contributed by atoms with van der Waals surface area (Å²) in [6.45, 7) is 10.7. The molecule has 0 aromatic rings. The van der Waals surface area contributed by atoms with Crippen LogP contribution in [0.2, 0.25) is 0 Å². The lowest BCUT2D eigenvalue weighted by molar-refractivity contribution is -0.182. The Bertz CT molecular complexity index is 1060. The average molecular weight is 574 g/mol. The third kappa shape index (κ3) is 6.22. The third-order valence-corrected chi connectivity index (χ3v) is 8.95. The Kier molecular flexibility index (Phi) is 8.33. The van der Waals surface area contributed by atoms with Crippen molar-refractivity contribution in [2.75, 3.05) is 6.54 Å². The van der Waals surface area contributed by atoms with Gasteiger partial charge in [-0.2, -0.15) is 13.2 Å². The Morgan fingerprint density at radius 2 is 1.57 bits per heavy atom. The van der Waals surface area contributed by atoms with E-state index in [1.165, 1.54) is 4.90 Å². The monoisotopic (exact) mass is 573 g/mol. The molecule has 3 rings (SSSR count). The summed E-state index contributed by atoms with van der Waals surface area (Å²) in [5.74, 6) is -3.35. The van der Waals surface area contributed by atoms with Crippen molar-refractivity contribution in [3.05, 3.63) is 0 Å². The van der Waals surface area contributed by atoms with Crippen molar-refractivity contribution in [3.8, 4) is 0 Å². The second-order valence-electron chi connectivity index (χ2n) is 13.7. The number of halogens is 3. The minimum absolute atomic E-state index is 0.0252. The highest BCUT2D eigenvalue weighted by Crippen LogP contribution is 2.65. The molecule has 3 fully saturated rings. The number of hydrogen-bond donors (Lipinski definition) is 4. The number of nitrogens with one attached hydrogen (secondary N) is 3. The topological polar surface area (TPSA) is 151 Å². The number of hydrogen-bond acceptors (Lipinski definition) is 5. The molecule has 3 unspecified atom stereocenters. The van der Waals surface area contributed by atoms with Gasteiger partial charge in [-0.15, -0.1) is 0 Å². The number of amides is 5. The number of primary amides is 1. The summed E-state index contributed by atoms with van der Waals surface area (Å²) in [7, 11) is 0. The maximum atomic E-state index is 13.9. The first-order chi connectivity index (χ1) is 18.1. The van der Waals surface area contributed by atoms with Crippen LogP contribution < -0.4 is 21.7 Å². The molecule has 5 amide bonds. The minimum atomic E-state index is -4.73. The van der Waals surface area contributed by atoms with Crippen LogP contribution in [0.3, 0.4) is 0 Å². The van der Waals surface area contributed by atoms with E-state index in [-0.39, 0.29) is 36.1 Å². The van der Waals surface area contributed by atoms with Gasteiger partial charge in [0.05, 0.1) is 6.04 Å². The largest absolute Gasteiger partial charge is 0.411 e. The lowest BCUT2D eigenvalue weighted by atomic mass is 9.80. The van der Waals surface area contributed by atoms with Gasteiger partial charge in [0.1, 0.15) is 17.6 Å². The van der Waals surface area contributed by atoms with Crippen LogP contribution in [0.4, 0.5) is 18.0 Å². The zero-order valence-electron chi connectivity index (χ0n) is 24.2. The first-order valence-corrected chi connectivity index (χ1v) is 13.7. The maximum absolute atomic E-state index is 13.9. The van der Waals surface area contributed by atoms with E-state index in [2.05, 4.69) is 10.6 Å². The molecular weight excluding hydrogens is 531 g/mol. The maximum Gasteiger partial charge on any atom is 0.411 e. The number of carbonyl (C=O) groups excluding carboxylic acids is 5. The predicted octanol–water partition coefficient (Wildman–Crippen LogP) is 2.25. The quantitative estimate of drug-likeness (QED) is 0.312. The fourth-order valence-electron chi connectivity index (χ4n) is 5.87. The van der Waals surface area contributed by atoms with Gasteiger partial charge < -0.3 is 26.6 Å². The number of nitrogens with zero attached hydrogens (tertiary/aromatic N) is 1. The molecule has 2 saturated carbocycles. The van der Waals surface area contributed by atoms with E-state index in [9.17, 15) is 37.1 Å². The summed E-state index contributed by atoms with van der Waals surface area (Å²) in [6.07, 6.45) is -1.72. The summed E-state index contributed by atoms with van der Waals surface area (Å²) in [5, 5.41) is 6.96. The Morgan fingerprint density at radius 1 is 1.00 bits per heavy atom. The van der Waals surface area contributed by atoms with Gasteiger partial charge in [0.25, 0.3) is 5.91 Å². The van der Waals surface area contributed by atoms with Crippen LogP contribution in [0.1, 0.15) is 74.1 Å². The number of Topliss-reactive ketones (excluding diaryl/α,β-unsaturated/α-hetero) is 1. The normalized spacial score (nSPS) is 25.6. The SMILES string of the molecule is CC(C)(C)C(NC(=O)NC(C)(C)C(F)(F)F)C(=O)N1CC2[C@@H]([C@H]1C(=O)NC(CC1CCC1)C(=O)C(N)=O)C2(C)C. The summed E-state index contributed by atoms with van der Waals surface area (Å²) in [5.41, 5.74) is 1.50. The molecule has 10 nitrogen and oxygen atoms in total. The van der Waals surface area contributed by atoms with Gasteiger partial charge in [-0.05, 0) is 48.9 Å². The summed E-state index contributed by atoms with van der Waals surface area (Å²) in [6, 6.07) is -4.53. The summed E-state index contributed by atoms with van der Waals surface area (Å²) in [4.78, 5) is 65.8. The third-order valence-electron chi connectivity index (χ3n) is 8.95. The van der Waals surface area contributed by atoms with E-state index in [0.29, 0.717) is 0 Å². The van der Waals surface area contributed by atoms with Gasteiger partial charge in [-0.3, -0.25) is 19.2 Å². The molecule has 5 N–H and O–H groups in total. The molecular formula is C27H42F3N5O5. The molecule has 40 heavy (non-hydrogen) atoms.